The highest BCUT2D eigenvalue weighted by molar-refractivity contribution is 5.93. The Hall–Kier alpha value is -1.93. The van der Waals surface area contributed by atoms with E-state index < -0.39 is 0 Å². The van der Waals surface area contributed by atoms with Crippen LogP contribution in [0.1, 0.15) is 34.7 Å². The molecule has 0 N–H and O–H groups in total. The second-order valence-electron chi connectivity index (χ2n) is 6.29. The first-order chi connectivity index (χ1) is 11.5. The number of fused-ring (bicyclic) bond motifs is 1. The van der Waals surface area contributed by atoms with Crippen molar-refractivity contribution in [2.45, 2.75) is 38.5 Å². The third-order valence-electron chi connectivity index (χ3n) is 4.88. The van der Waals surface area contributed by atoms with Crippen molar-refractivity contribution in [1.29, 1.82) is 0 Å². The summed E-state index contributed by atoms with van der Waals surface area (Å²) in [6, 6.07) is 0.0153. The normalized spacial score (nSPS) is 24.7. The first-order valence-corrected chi connectivity index (χ1v) is 8.13. The van der Waals surface area contributed by atoms with Crippen LogP contribution in [0.3, 0.4) is 0 Å². The lowest BCUT2D eigenvalue weighted by Crippen LogP contribution is -2.52. The lowest BCUT2D eigenvalue weighted by molar-refractivity contribution is -0.154. The minimum absolute atomic E-state index is 0.00877. The molecule has 0 bridgehead atoms. The van der Waals surface area contributed by atoms with Gasteiger partial charge >= 0.3 is 0 Å². The van der Waals surface area contributed by atoms with Crippen LogP contribution in [-0.2, 0) is 20.9 Å². The molecule has 0 saturated carbocycles. The van der Waals surface area contributed by atoms with Crippen molar-refractivity contribution in [3.8, 4) is 0 Å². The average Bonchev–Trinajstić information content (AvgIpc) is 2.80. The zero-order valence-electron chi connectivity index (χ0n) is 14.3. The molecule has 0 aliphatic carbocycles. The second kappa shape index (κ2) is 6.90. The maximum Gasteiger partial charge on any atom is 0.276 e. The number of hydrogen-bond donors (Lipinski definition) is 0. The smallest absolute Gasteiger partial charge is 0.276 e. The van der Waals surface area contributed by atoms with E-state index in [1.54, 1.807) is 30.9 Å². The van der Waals surface area contributed by atoms with E-state index in [4.69, 9.17) is 14.0 Å². The van der Waals surface area contributed by atoms with Crippen LogP contribution < -0.4 is 0 Å². The minimum Gasteiger partial charge on any atom is -0.380 e. The number of likely N-dealkylation sites (tertiary alicyclic amines) is 1. The van der Waals surface area contributed by atoms with Gasteiger partial charge in [0.2, 0.25) is 5.91 Å². The number of hydrogen-bond acceptors (Lipinski definition) is 6. The molecule has 1 aromatic heterocycles. The molecule has 2 aliphatic rings. The highest BCUT2D eigenvalue weighted by Crippen LogP contribution is 2.25. The van der Waals surface area contributed by atoms with Gasteiger partial charge in [-0.25, -0.2) is 0 Å². The summed E-state index contributed by atoms with van der Waals surface area (Å²) < 4.78 is 16.0. The van der Waals surface area contributed by atoms with Crippen LogP contribution in [0.15, 0.2) is 4.52 Å². The topological polar surface area (TPSA) is 85.1 Å². The summed E-state index contributed by atoms with van der Waals surface area (Å²) in [6.07, 6.45) is 1.36. The number of rotatable bonds is 3. The van der Waals surface area contributed by atoms with E-state index in [2.05, 4.69) is 5.16 Å². The van der Waals surface area contributed by atoms with Crippen molar-refractivity contribution in [2.24, 2.45) is 0 Å². The predicted octanol–water partition coefficient (Wildman–Crippen LogP) is 0.591. The molecular formula is C16H23N3O5. The van der Waals surface area contributed by atoms with Gasteiger partial charge in [-0.3, -0.25) is 9.59 Å². The summed E-state index contributed by atoms with van der Waals surface area (Å²) in [5.41, 5.74) is 0.997. The van der Waals surface area contributed by atoms with Gasteiger partial charge in [-0.1, -0.05) is 5.16 Å². The Morgan fingerprint density at radius 3 is 2.88 bits per heavy atom. The Balaban J connectivity index is 1.74. The first-order valence-electron chi connectivity index (χ1n) is 8.13. The van der Waals surface area contributed by atoms with Gasteiger partial charge in [-0.2, -0.15) is 0 Å². The van der Waals surface area contributed by atoms with Crippen molar-refractivity contribution >= 4 is 11.8 Å². The van der Waals surface area contributed by atoms with Crippen LogP contribution in [0, 0.1) is 6.92 Å². The van der Waals surface area contributed by atoms with E-state index in [1.807, 2.05) is 0 Å². The number of nitrogens with zero attached hydrogens (tertiary/aromatic N) is 3. The molecule has 0 spiro atoms. The molecule has 24 heavy (non-hydrogen) atoms. The van der Waals surface area contributed by atoms with Crippen LogP contribution in [0.2, 0.25) is 0 Å². The molecule has 8 heteroatoms. The zero-order chi connectivity index (χ0) is 17.3. The standard InChI is InChI=1S/C16H23N3O5/c1-10-11(8-22-3)15(17-24-10)16(21)19-6-4-12-13(5-7-19)23-9-14(20)18(12)2/h12-13H,4-9H2,1-3H3/t12-,13-/m0/s1. The maximum atomic E-state index is 12.8. The zero-order valence-corrected chi connectivity index (χ0v) is 14.3. The number of likely N-dealkylation sites (N-methyl/N-ethyl adjacent to an activating group) is 1. The molecule has 3 rings (SSSR count). The molecule has 2 aliphatic heterocycles. The van der Waals surface area contributed by atoms with E-state index >= 15 is 0 Å². The molecule has 1 aromatic rings. The number of carbonyl (C=O) groups excluding carboxylic acids is 2. The van der Waals surface area contributed by atoms with Crippen molar-refractivity contribution < 1.29 is 23.6 Å². The summed E-state index contributed by atoms with van der Waals surface area (Å²) in [5.74, 6) is 0.425. The largest absolute Gasteiger partial charge is 0.380 e. The van der Waals surface area contributed by atoms with Crippen LogP contribution in [0.25, 0.3) is 0 Å². The highest BCUT2D eigenvalue weighted by Gasteiger charge is 2.38. The Kier molecular flexibility index (Phi) is 4.86. The highest BCUT2D eigenvalue weighted by atomic mass is 16.5. The molecule has 2 atom stereocenters. The van der Waals surface area contributed by atoms with Gasteiger partial charge in [0.25, 0.3) is 5.91 Å². The molecule has 3 heterocycles. The maximum absolute atomic E-state index is 12.8. The lowest BCUT2D eigenvalue weighted by atomic mass is 10.0. The molecule has 0 unspecified atom stereocenters. The average molecular weight is 337 g/mol. The molecule has 2 fully saturated rings. The summed E-state index contributed by atoms with van der Waals surface area (Å²) >= 11 is 0. The Labute approximate surface area is 140 Å². The third-order valence-corrected chi connectivity index (χ3v) is 4.88. The number of aromatic nitrogens is 1. The van der Waals surface area contributed by atoms with Crippen LogP contribution in [-0.4, -0.2) is 72.8 Å². The monoisotopic (exact) mass is 337 g/mol. The van der Waals surface area contributed by atoms with Crippen molar-refractivity contribution in [3.63, 3.8) is 0 Å². The van der Waals surface area contributed by atoms with Gasteiger partial charge in [0.05, 0.1) is 24.3 Å². The fourth-order valence-corrected chi connectivity index (χ4v) is 3.39. The van der Waals surface area contributed by atoms with Crippen molar-refractivity contribution in [1.82, 2.24) is 15.0 Å². The molecule has 2 saturated heterocycles. The fraction of sp³-hybridized carbons (Fsp3) is 0.688. The van der Waals surface area contributed by atoms with Gasteiger partial charge in [-0.15, -0.1) is 0 Å². The van der Waals surface area contributed by atoms with Crippen LogP contribution in [0.4, 0.5) is 0 Å². The number of carbonyl (C=O) groups is 2. The lowest BCUT2D eigenvalue weighted by Gasteiger charge is -2.37. The molecular weight excluding hydrogens is 314 g/mol. The number of aryl methyl sites for hydroxylation is 1. The van der Waals surface area contributed by atoms with Crippen LogP contribution in [0.5, 0.6) is 0 Å². The first kappa shape index (κ1) is 16.9. The van der Waals surface area contributed by atoms with Crippen molar-refractivity contribution in [3.05, 3.63) is 17.0 Å². The van der Waals surface area contributed by atoms with Crippen molar-refractivity contribution in [2.75, 3.05) is 33.9 Å². The molecule has 0 aromatic carbocycles. The summed E-state index contributed by atoms with van der Waals surface area (Å²) in [6.45, 7) is 3.30. The minimum atomic E-state index is -0.161. The summed E-state index contributed by atoms with van der Waals surface area (Å²) in [4.78, 5) is 28.2. The van der Waals surface area contributed by atoms with Gasteiger partial charge in [0.1, 0.15) is 12.4 Å². The molecule has 0 radical (unpaired) electrons. The van der Waals surface area contributed by atoms with E-state index in [1.165, 1.54) is 0 Å². The van der Waals surface area contributed by atoms with Gasteiger partial charge in [-0.05, 0) is 19.8 Å². The Bertz CT molecular complexity index is 629. The van der Waals surface area contributed by atoms with Gasteiger partial charge in [0, 0.05) is 27.2 Å². The number of methoxy groups -OCH3 is 1. The SMILES string of the molecule is COCc1c(C(=O)N2CC[C@@H]3OCC(=O)N(C)[C@H]3CC2)noc1C. The van der Waals surface area contributed by atoms with Gasteiger partial charge < -0.3 is 23.8 Å². The number of ether oxygens (including phenoxy) is 2. The summed E-state index contributed by atoms with van der Waals surface area (Å²) in [5, 5.41) is 3.92. The third kappa shape index (κ3) is 3.03. The van der Waals surface area contributed by atoms with E-state index in [0.717, 1.165) is 0 Å². The van der Waals surface area contributed by atoms with Gasteiger partial charge in [0.15, 0.2) is 5.69 Å². The summed E-state index contributed by atoms with van der Waals surface area (Å²) in [7, 11) is 3.37. The van der Waals surface area contributed by atoms with Crippen LogP contribution >= 0.6 is 0 Å². The second-order valence-corrected chi connectivity index (χ2v) is 6.29. The van der Waals surface area contributed by atoms with E-state index in [-0.39, 0.29) is 37.2 Å². The van der Waals surface area contributed by atoms with E-state index in [0.29, 0.717) is 42.9 Å². The Morgan fingerprint density at radius 2 is 2.12 bits per heavy atom. The number of morpholine rings is 1. The number of amides is 2. The fourth-order valence-electron chi connectivity index (χ4n) is 3.39. The molecule has 132 valence electrons. The predicted molar refractivity (Wildman–Crippen MR) is 83.4 cm³/mol. The molecule has 8 nitrogen and oxygen atoms in total. The Morgan fingerprint density at radius 1 is 1.38 bits per heavy atom. The van der Waals surface area contributed by atoms with E-state index in [9.17, 15) is 9.59 Å². The quantitative estimate of drug-likeness (QED) is 0.803. The molecule has 2 amide bonds.